The first kappa shape index (κ1) is 13.3. The van der Waals surface area contributed by atoms with Gasteiger partial charge in [0.1, 0.15) is 5.82 Å². The molecule has 0 aliphatic rings. The number of benzene rings is 1. The lowest BCUT2D eigenvalue weighted by atomic mass is 10.2. The molecule has 7 heteroatoms. The molecule has 1 N–H and O–H groups in total. The number of nitrogens with zero attached hydrogens (tertiary/aromatic N) is 4. The summed E-state index contributed by atoms with van der Waals surface area (Å²) < 4.78 is 7.11. The second-order valence-corrected chi connectivity index (χ2v) is 4.80. The van der Waals surface area contributed by atoms with Crippen molar-refractivity contribution < 1.29 is 14.4 Å². The molecule has 0 aliphatic heterocycles. The highest BCUT2D eigenvalue weighted by molar-refractivity contribution is 5.92. The minimum atomic E-state index is -0.953. The van der Waals surface area contributed by atoms with Crippen LogP contribution in [0.2, 0.25) is 0 Å². The zero-order valence-electron chi connectivity index (χ0n) is 11.7. The van der Waals surface area contributed by atoms with E-state index in [-0.39, 0.29) is 5.56 Å². The van der Waals surface area contributed by atoms with Crippen LogP contribution in [-0.2, 0) is 13.0 Å². The van der Waals surface area contributed by atoms with E-state index in [1.165, 1.54) is 0 Å². The third-order valence-corrected chi connectivity index (χ3v) is 3.30. The van der Waals surface area contributed by atoms with Gasteiger partial charge in [0.2, 0.25) is 5.89 Å². The van der Waals surface area contributed by atoms with Crippen LogP contribution in [0.3, 0.4) is 0 Å². The smallest absolute Gasteiger partial charge is 0.335 e. The van der Waals surface area contributed by atoms with Gasteiger partial charge in [-0.05, 0) is 32.0 Å². The number of carbonyl (C=O) groups is 1. The lowest BCUT2D eigenvalue weighted by Crippen LogP contribution is -2.04. The van der Waals surface area contributed by atoms with Gasteiger partial charge < -0.3 is 14.2 Å². The summed E-state index contributed by atoms with van der Waals surface area (Å²) >= 11 is 0. The van der Waals surface area contributed by atoms with E-state index in [0.717, 1.165) is 11.3 Å². The van der Waals surface area contributed by atoms with E-state index < -0.39 is 5.97 Å². The molecule has 2 heterocycles. The SMILES string of the molecule is Cc1noc(CCn2c(C)nc3cc(C(=O)O)ccc32)n1. The Morgan fingerprint density at radius 2 is 2.14 bits per heavy atom. The fourth-order valence-electron chi connectivity index (χ4n) is 2.31. The minimum absolute atomic E-state index is 0.236. The van der Waals surface area contributed by atoms with Crippen LogP contribution in [0, 0.1) is 13.8 Å². The van der Waals surface area contributed by atoms with Gasteiger partial charge in [-0.1, -0.05) is 5.16 Å². The second kappa shape index (κ2) is 5.01. The predicted octanol–water partition coefficient (Wildman–Crippen LogP) is 1.98. The zero-order chi connectivity index (χ0) is 15.0. The molecule has 0 bridgehead atoms. The molecular formula is C14H14N4O3. The maximum absolute atomic E-state index is 11.0. The molecule has 0 radical (unpaired) electrons. The van der Waals surface area contributed by atoms with Gasteiger partial charge in [-0.25, -0.2) is 9.78 Å². The van der Waals surface area contributed by atoms with E-state index in [9.17, 15) is 4.79 Å². The standard InChI is InChI=1S/C14H14N4O3/c1-8-15-13(21-17-8)5-6-18-9(2)16-11-7-10(14(19)20)3-4-12(11)18/h3-4,7H,5-6H2,1-2H3,(H,19,20). The first-order valence-electron chi connectivity index (χ1n) is 6.54. The van der Waals surface area contributed by atoms with E-state index in [0.29, 0.717) is 30.2 Å². The van der Waals surface area contributed by atoms with Crippen molar-refractivity contribution in [2.75, 3.05) is 0 Å². The lowest BCUT2D eigenvalue weighted by molar-refractivity contribution is 0.0697. The Hall–Kier alpha value is -2.70. The number of aromatic nitrogens is 4. The van der Waals surface area contributed by atoms with Gasteiger partial charge in [0.25, 0.3) is 0 Å². The van der Waals surface area contributed by atoms with E-state index in [1.807, 2.05) is 11.5 Å². The Kier molecular flexibility index (Phi) is 3.17. The largest absolute Gasteiger partial charge is 0.478 e. The van der Waals surface area contributed by atoms with Gasteiger partial charge in [0, 0.05) is 13.0 Å². The van der Waals surface area contributed by atoms with Gasteiger partial charge in [-0.15, -0.1) is 0 Å². The second-order valence-electron chi connectivity index (χ2n) is 4.80. The van der Waals surface area contributed by atoms with Crippen LogP contribution in [0.15, 0.2) is 22.7 Å². The number of carboxylic acid groups (broad SMARTS) is 1. The van der Waals surface area contributed by atoms with Crippen LogP contribution < -0.4 is 0 Å². The fourth-order valence-corrected chi connectivity index (χ4v) is 2.31. The normalized spacial score (nSPS) is 11.1. The predicted molar refractivity (Wildman–Crippen MR) is 74.2 cm³/mol. The maximum atomic E-state index is 11.0. The highest BCUT2D eigenvalue weighted by atomic mass is 16.5. The number of hydrogen-bond donors (Lipinski definition) is 1. The molecular weight excluding hydrogens is 272 g/mol. The molecule has 3 rings (SSSR count). The monoisotopic (exact) mass is 286 g/mol. The van der Waals surface area contributed by atoms with Gasteiger partial charge in [-0.2, -0.15) is 4.98 Å². The molecule has 3 aromatic rings. The average molecular weight is 286 g/mol. The molecule has 0 unspecified atom stereocenters. The third kappa shape index (κ3) is 2.49. The summed E-state index contributed by atoms with van der Waals surface area (Å²) in [6.07, 6.45) is 0.605. The van der Waals surface area contributed by atoms with Crippen LogP contribution in [0.25, 0.3) is 11.0 Å². The number of imidazole rings is 1. The summed E-state index contributed by atoms with van der Waals surface area (Å²) in [6.45, 7) is 4.31. The van der Waals surface area contributed by atoms with E-state index in [1.54, 1.807) is 25.1 Å². The van der Waals surface area contributed by atoms with Gasteiger partial charge in [-0.3, -0.25) is 0 Å². The molecule has 1 aromatic carbocycles. The molecule has 0 saturated heterocycles. The third-order valence-electron chi connectivity index (χ3n) is 3.30. The highest BCUT2D eigenvalue weighted by Gasteiger charge is 2.12. The summed E-state index contributed by atoms with van der Waals surface area (Å²) in [7, 11) is 0. The van der Waals surface area contributed by atoms with Gasteiger partial charge >= 0.3 is 5.97 Å². The molecule has 0 spiro atoms. The van der Waals surface area contributed by atoms with Crippen molar-refractivity contribution in [1.29, 1.82) is 0 Å². The fraction of sp³-hybridized carbons (Fsp3) is 0.286. The Morgan fingerprint density at radius 3 is 2.81 bits per heavy atom. The van der Waals surface area contributed by atoms with Gasteiger partial charge in [0.15, 0.2) is 5.82 Å². The first-order valence-corrected chi connectivity index (χ1v) is 6.54. The molecule has 108 valence electrons. The van der Waals surface area contributed by atoms with Crippen molar-refractivity contribution in [3.8, 4) is 0 Å². The lowest BCUT2D eigenvalue weighted by Gasteiger charge is -2.04. The Labute approximate surface area is 120 Å². The van der Waals surface area contributed by atoms with Crippen molar-refractivity contribution in [3.05, 3.63) is 41.3 Å². The van der Waals surface area contributed by atoms with Crippen molar-refractivity contribution in [1.82, 2.24) is 19.7 Å². The number of fused-ring (bicyclic) bond motifs is 1. The summed E-state index contributed by atoms with van der Waals surface area (Å²) in [5.41, 5.74) is 1.81. The Morgan fingerprint density at radius 1 is 1.33 bits per heavy atom. The topological polar surface area (TPSA) is 94.0 Å². The molecule has 0 fully saturated rings. The molecule has 21 heavy (non-hydrogen) atoms. The quantitative estimate of drug-likeness (QED) is 0.788. The number of carboxylic acids is 1. The number of rotatable bonds is 4. The zero-order valence-corrected chi connectivity index (χ0v) is 11.7. The van der Waals surface area contributed by atoms with E-state index in [2.05, 4.69) is 15.1 Å². The van der Waals surface area contributed by atoms with Crippen molar-refractivity contribution in [2.24, 2.45) is 0 Å². The number of aromatic carboxylic acids is 1. The minimum Gasteiger partial charge on any atom is -0.478 e. The van der Waals surface area contributed by atoms with Crippen LogP contribution in [0.4, 0.5) is 0 Å². The first-order chi connectivity index (χ1) is 10.0. The summed E-state index contributed by atoms with van der Waals surface area (Å²) in [4.78, 5) is 19.6. The average Bonchev–Trinajstić information content (AvgIpc) is 2.98. The molecule has 0 atom stereocenters. The summed E-state index contributed by atoms with van der Waals surface area (Å²) in [6, 6.07) is 4.94. The molecule has 7 nitrogen and oxygen atoms in total. The van der Waals surface area contributed by atoms with Crippen molar-refractivity contribution in [2.45, 2.75) is 26.8 Å². The van der Waals surface area contributed by atoms with Crippen LogP contribution in [0.5, 0.6) is 0 Å². The maximum Gasteiger partial charge on any atom is 0.335 e. The molecule has 2 aromatic heterocycles. The molecule has 0 saturated carbocycles. The molecule has 0 amide bonds. The van der Waals surface area contributed by atoms with Crippen LogP contribution >= 0.6 is 0 Å². The Bertz CT molecular complexity index is 819. The van der Waals surface area contributed by atoms with E-state index >= 15 is 0 Å². The Balaban J connectivity index is 1.91. The number of aryl methyl sites for hydroxylation is 4. The molecule has 0 aliphatic carbocycles. The van der Waals surface area contributed by atoms with Gasteiger partial charge in [0.05, 0.1) is 16.6 Å². The summed E-state index contributed by atoms with van der Waals surface area (Å²) in [5.74, 6) is 1.06. The van der Waals surface area contributed by atoms with Crippen molar-refractivity contribution >= 4 is 17.0 Å². The number of hydrogen-bond acceptors (Lipinski definition) is 5. The highest BCUT2D eigenvalue weighted by Crippen LogP contribution is 2.18. The summed E-state index contributed by atoms with van der Waals surface area (Å²) in [5, 5.41) is 12.8. The van der Waals surface area contributed by atoms with Crippen LogP contribution in [0.1, 0.15) is 27.9 Å². The van der Waals surface area contributed by atoms with E-state index in [4.69, 9.17) is 9.63 Å². The van der Waals surface area contributed by atoms with Crippen molar-refractivity contribution in [3.63, 3.8) is 0 Å². The van der Waals surface area contributed by atoms with Crippen LogP contribution in [-0.4, -0.2) is 30.8 Å².